The summed E-state index contributed by atoms with van der Waals surface area (Å²) in [5.41, 5.74) is -0.0787. The van der Waals surface area contributed by atoms with Crippen molar-refractivity contribution in [3.8, 4) is 0 Å². The molecule has 1 amide bonds. The predicted molar refractivity (Wildman–Crippen MR) is 60.7 cm³/mol. The summed E-state index contributed by atoms with van der Waals surface area (Å²) in [7, 11) is -4.11. The third kappa shape index (κ3) is 2.29. The number of hydrogen-bond acceptors (Lipinski definition) is 6. The number of carboxylic acids is 1. The highest BCUT2D eigenvalue weighted by Crippen LogP contribution is 2.28. The molecule has 2 heterocycles. The molecule has 0 radical (unpaired) electrons. The number of amides is 1. The van der Waals surface area contributed by atoms with Crippen LogP contribution in [0.25, 0.3) is 0 Å². The quantitative estimate of drug-likeness (QED) is 0.731. The van der Waals surface area contributed by atoms with Crippen molar-refractivity contribution in [1.82, 2.24) is 9.29 Å². The minimum absolute atomic E-state index is 0.0787. The molecule has 1 aromatic rings. The minimum atomic E-state index is -4.11. The zero-order valence-electron chi connectivity index (χ0n) is 9.55. The highest BCUT2D eigenvalue weighted by molar-refractivity contribution is 7.90. The third-order valence-electron chi connectivity index (χ3n) is 2.55. The second kappa shape index (κ2) is 4.59. The van der Waals surface area contributed by atoms with Crippen molar-refractivity contribution in [2.45, 2.75) is 17.6 Å². The van der Waals surface area contributed by atoms with Gasteiger partial charge in [0.1, 0.15) is 0 Å². The van der Waals surface area contributed by atoms with Crippen LogP contribution in [-0.4, -0.2) is 52.4 Å². The van der Waals surface area contributed by atoms with Crippen molar-refractivity contribution in [1.29, 1.82) is 0 Å². The first-order valence-electron chi connectivity index (χ1n) is 5.26. The Bertz CT molecular complexity index is 641. The van der Waals surface area contributed by atoms with Gasteiger partial charge in [-0.05, 0) is 12.1 Å². The summed E-state index contributed by atoms with van der Waals surface area (Å²) in [5, 5.41) is 17.6. The van der Waals surface area contributed by atoms with Crippen LogP contribution in [0.5, 0.6) is 0 Å². The number of carboxylic acid groups (broad SMARTS) is 1. The number of sulfonamides is 1. The Morgan fingerprint density at radius 3 is 2.74 bits per heavy atom. The van der Waals surface area contributed by atoms with Gasteiger partial charge in [0.2, 0.25) is 0 Å². The van der Waals surface area contributed by atoms with Crippen LogP contribution in [0.1, 0.15) is 16.8 Å². The number of pyridine rings is 1. The van der Waals surface area contributed by atoms with Crippen LogP contribution in [-0.2, 0) is 14.8 Å². The number of aliphatic carboxylic acids is 1. The largest absolute Gasteiger partial charge is 0.481 e. The molecule has 1 aliphatic heterocycles. The molecule has 8 nitrogen and oxygen atoms in total. The highest BCUT2D eigenvalue weighted by atomic mass is 32.2. The summed E-state index contributed by atoms with van der Waals surface area (Å²) >= 11 is 0. The first-order valence-corrected chi connectivity index (χ1v) is 6.70. The Morgan fingerprint density at radius 2 is 2.16 bits per heavy atom. The third-order valence-corrected chi connectivity index (χ3v) is 4.26. The average molecular weight is 286 g/mol. The number of β-amino-alcohol motifs (C(OH)–C–C–N with tert-alkyl or cyclic N) is 1. The number of nitrogens with zero attached hydrogens (tertiary/aromatic N) is 2. The van der Waals surface area contributed by atoms with Gasteiger partial charge in [-0.1, -0.05) is 0 Å². The second-order valence-electron chi connectivity index (χ2n) is 3.95. The second-order valence-corrected chi connectivity index (χ2v) is 5.73. The Kier molecular flexibility index (Phi) is 3.25. The van der Waals surface area contributed by atoms with Crippen molar-refractivity contribution in [2.75, 3.05) is 6.54 Å². The molecule has 0 spiro atoms. The summed E-state index contributed by atoms with van der Waals surface area (Å²) in [6.07, 6.45) is -0.880. The minimum Gasteiger partial charge on any atom is -0.481 e. The van der Waals surface area contributed by atoms with Crippen LogP contribution in [0.3, 0.4) is 0 Å². The van der Waals surface area contributed by atoms with Crippen LogP contribution in [0.2, 0.25) is 0 Å². The highest BCUT2D eigenvalue weighted by Gasteiger charge is 2.43. The zero-order valence-corrected chi connectivity index (χ0v) is 10.4. The van der Waals surface area contributed by atoms with Crippen molar-refractivity contribution >= 4 is 21.9 Å². The standard InChI is InChI=1S/C10H10N2O6S/c13-6(4-8(14)15)5-12-10(16)7-2-1-3-11-9(7)19(12,17)18/h1-3,6,13H,4-5H2,(H,14,15). The maximum absolute atomic E-state index is 12.0. The van der Waals surface area contributed by atoms with Crippen LogP contribution in [0, 0.1) is 0 Å². The first kappa shape index (κ1) is 13.4. The van der Waals surface area contributed by atoms with E-state index in [1.165, 1.54) is 18.3 Å². The summed E-state index contributed by atoms with van der Waals surface area (Å²) in [5.74, 6) is -2.10. The molecule has 0 saturated heterocycles. The van der Waals surface area contributed by atoms with Crippen molar-refractivity contribution in [3.63, 3.8) is 0 Å². The molecular weight excluding hydrogens is 276 g/mol. The van der Waals surface area contributed by atoms with Crippen molar-refractivity contribution in [2.24, 2.45) is 0 Å². The summed E-state index contributed by atoms with van der Waals surface area (Å²) in [4.78, 5) is 25.9. The topological polar surface area (TPSA) is 125 Å². The molecule has 0 bridgehead atoms. The van der Waals surface area contributed by atoms with Gasteiger partial charge in [-0.3, -0.25) is 9.59 Å². The van der Waals surface area contributed by atoms with E-state index in [-0.39, 0.29) is 10.6 Å². The maximum atomic E-state index is 12.0. The number of aliphatic hydroxyl groups excluding tert-OH is 1. The lowest BCUT2D eigenvalue weighted by atomic mass is 10.2. The number of rotatable bonds is 4. The molecule has 0 aliphatic carbocycles. The van der Waals surface area contributed by atoms with Crippen molar-refractivity contribution < 1.29 is 28.2 Å². The van der Waals surface area contributed by atoms with Crippen LogP contribution in [0.15, 0.2) is 23.4 Å². The summed E-state index contributed by atoms with van der Waals surface area (Å²) in [6, 6.07) is 2.73. The molecule has 0 aromatic carbocycles. The van der Waals surface area contributed by atoms with Gasteiger partial charge in [0.25, 0.3) is 15.9 Å². The van der Waals surface area contributed by atoms with E-state index in [1.807, 2.05) is 0 Å². The van der Waals surface area contributed by atoms with E-state index >= 15 is 0 Å². The monoisotopic (exact) mass is 286 g/mol. The smallest absolute Gasteiger partial charge is 0.306 e. The number of fused-ring (bicyclic) bond motifs is 1. The molecule has 1 unspecified atom stereocenters. The van der Waals surface area contributed by atoms with E-state index < -0.39 is 41.0 Å². The van der Waals surface area contributed by atoms with Crippen LogP contribution < -0.4 is 0 Å². The Hall–Kier alpha value is -2.00. The lowest BCUT2D eigenvalue weighted by Gasteiger charge is -2.17. The predicted octanol–water partition coefficient (Wildman–Crippen LogP) is -0.938. The lowest BCUT2D eigenvalue weighted by molar-refractivity contribution is -0.139. The summed E-state index contributed by atoms with van der Waals surface area (Å²) in [6.45, 7) is -0.607. The Balaban J connectivity index is 2.30. The van der Waals surface area contributed by atoms with E-state index in [9.17, 15) is 23.1 Å². The molecule has 1 atom stereocenters. The molecule has 19 heavy (non-hydrogen) atoms. The molecular formula is C10H10N2O6S. The number of aliphatic hydroxyl groups is 1. The van der Waals surface area contributed by atoms with Gasteiger partial charge in [-0.25, -0.2) is 9.29 Å². The molecule has 2 rings (SSSR count). The van der Waals surface area contributed by atoms with Gasteiger partial charge in [-0.2, -0.15) is 8.42 Å². The normalized spacial score (nSPS) is 18.2. The molecule has 9 heteroatoms. The SMILES string of the molecule is O=C(O)CC(O)CN1C(=O)c2cccnc2S1(=O)=O. The summed E-state index contributed by atoms with van der Waals surface area (Å²) < 4.78 is 24.4. The van der Waals surface area contributed by atoms with Gasteiger partial charge in [0.05, 0.1) is 24.6 Å². The number of aromatic nitrogens is 1. The molecule has 1 aromatic heterocycles. The van der Waals surface area contributed by atoms with E-state index in [0.717, 1.165) is 0 Å². The number of hydrogen-bond donors (Lipinski definition) is 2. The number of carbonyl (C=O) groups is 2. The van der Waals surface area contributed by atoms with Gasteiger partial charge in [-0.15, -0.1) is 0 Å². The van der Waals surface area contributed by atoms with Gasteiger partial charge in [0, 0.05) is 6.20 Å². The maximum Gasteiger partial charge on any atom is 0.306 e. The molecule has 1 aliphatic rings. The van der Waals surface area contributed by atoms with Gasteiger partial charge in [0.15, 0.2) is 5.03 Å². The van der Waals surface area contributed by atoms with Gasteiger partial charge >= 0.3 is 5.97 Å². The Labute approximate surface area is 108 Å². The van der Waals surface area contributed by atoms with E-state index in [4.69, 9.17) is 5.11 Å². The van der Waals surface area contributed by atoms with E-state index in [2.05, 4.69) is 4.98 Å². The fraction of sp³-hybridized carbons (Fsp3) is 0.300. The molecule has 2 N–H and O–H groups in total. The average Bonchev–Trinajstić information content (AvgIpc) is 2.51. The van der Waals surface area contributed by atoms with Crippen LogP contribution >= 0.6 is 0 Å². The van der Waals surface area contributed by atoms with E-state index in [0.29, 0.717) is 4.31 Å². The lowest BCUT2D eigenvalue weighted by Crippen LogP contribution is -2.37. The van der Waals surface area contributed by atoms with Crippen LogP contribution in [0.4, 0.5) is 0 Å². The van der Waals surface area contributed by atoms with E-state index in [1.54, 1.807) is 0 Å². The molecule has 0 saturated carbocycles. The Morgan fingerprint density at radius 1 is 1.47 bits per heavy atom. The fourth-order valence-corrected chi connectivity index (χ4v) is 3.27. The number of carbonyl (C=O) groups excluding carboxylic acids is 1. The first-order chi connectivity index (χ1) is 8.84. The zero-order chi connectivity index (χ0) is 14.2. The van der Waals surface area contributed by atoms with Crippen molar-refractivity contribution in [3.05, 3.63) is 23.9 Å². The van der Waals surface area contributed by atoms with Gasteiger partial charge < -0.3 is 10.2 Å². The fourth-order valence-electron chi connectivity index (χ4n) is 1.75. The molecule has 0 fully saturated rings. The molecule has 102 valence electrons.